The molecule has 4 aromatic rings. The molecule has 2 amide bonds. The third-order valence-corrected chi connectivity index (χ3v) is 9.22. The average Bonchev–Trinajstić information content (AvgIpc) is 3.54. The summed E-state index contributed by atoms with van der Waals surface area (Å²) in [7, 11) is -3.97. The van der Waals surface area contributed by atoms with Gasteiger partial charge in [-0.3, -0.25) is 9.59 Å². The minimum atomic E-state index is -3.97. The predicted molar refractivity (Wildman–Crippen MR) is 142 cm³/mol. The van der Waals surface area contributed by atoms with Crippen molar-refractivity contribution in [3.05, 3.63) is 99.1 Å². The average molecular weight is 555 g/mol. The summed E-state index contributed by atoms with van der Waals surface area (Å²) < 4.78 is 31.2. The lowest BCUT2D eigenvalue weighted by Crippen LogP contribution is -2.25. The highest BCUT2D eigenvalue weighted by Gasteiger charge is 2.28. The molecule has 1 aliphatic rings. The molecule has 0 bridgehead atoms. The maximum Gasteiger partial charge on any atom is 0.292 e. The molecule has 0 saturated carbocycles. The van der Waals surface area contributed by atoms with E-state index in [1.54, 1.807) is 0 Å². The van der Waals surface area contributed by atoms with Crippen molar-refractivity contribution in [1.29, 1.82) is 0 Å². The molecule has 0 atom stereocenters. The SMILES string of the molecule is O=C(Nc1sc2c(c1C(=O)NCc1ccccc1)CCCC2)c1ccc(S(=O)(=O)c2ccc(Cl)cc2)o1. The highest BCUT2D eigenvalue weighted by molar-refractivity contribution is 7.91. The van der Waals surface area contributed by atoms with Crippen LogP contribution in [-0.4, -0.2) is 20.2 Å². The molecule has 0 radical (unpaired) electrons. The van der Waals surface area contributed by atoms with Crippen molar-refractivity contribution < 1.29 is 22.4 Å². The van der Waals surface area contributed by atoms with Crippen LogP contribution in [0.15, 0.2) is 81.1 Å². The Kier molecular flexibility index (Phi) is 7.19. The minimum Gasteiger partial charge on any atom is -0.439 e. The summed E-state index contributed by atoms with van der Waals surface area (Å²) >= 11 is 7.24. The number of thiophene rings is 1. The Labute approximate surface area is 223 Å². The van der Waals surface area contributed by atoms with Gasteiger partial charge in [0, 0.05) is 16.4 Å². The highest BCUT2D eigenvalue weighted by Crippen LogP contribution is 2.38. The van der Waals surface area contributed by atoms with E-state index in [1.807, 2.05) is 30.3 Å². The molecular formula is C27H23ClN2O5S2. The van der Waals surface area contributed by atoms with Gasteiger partial charge in [-0.1, -0.05) is 41.9 Å². The van der Waals surface area contributed by atoms with Crippen molar-refractivity contribution in [1.82, 2.24) is 5.32 Å². The summed E-state index contributed by atoms with van der Waals surface area (Å²) in [6, 6.07) is 17.8. The van der Waals surface area contributed by atoms with E-state index in [2.05, 4.69) is 10.6 Å². The van der Waals surface area contributed by atoms with E-state index in [-0.39, 0.29) is 21.7 Å². The van der Waals surface area contributed by atoms with Crippen LogP contribution >= 0.6 is 22.9 Å². The quantitative estimate of drug-likeness (QED) is 0.296. The number of nitrogens with one attached hydrogen (secondary N) is 2. The van der Waals surface area contributed by atoms with Gasteiger partial charge in [0.05, 0.1) is 10.5 Å². The first kappa shape index (κ1) is 25.3. The minimum absolute atomic E-state index is 0.00140. The van der Waals surface area contributed by atoms with Gasteiger partial charge in [-0.05, 0) is 73.2 Å². The molecule has 2 heterocycles. The van der Waals surface area contributed by atoms with Crippen molar-refractivity contribution >= 4 is 49.6 Å². The number of hydrogen-bond acceptors (Lipinski definition) is 6. The smallest absolute Gasteiger partial charge is 0.292 e. The molecule has 190 valence electrons. The van der Waals surface area contributed by atoms with Crippen LogP contribution in [0.1, 0.15) is 49.8 Å². The zero-order chi connectivity index (χ0) is 26.0. The van der Waals surface area contributed by atoms with Crippen molar-refractivity contribution in [2.75, 3.05) is 5.32 Å². The summed E-state index contributed by atoms with van der Waals surface area (Å²) in [5.41, 5.74) is 2.39. The van der Waals surface area contributed by atoms with Gasteiger partial charge < -0.3 is 15.1 Å². The second-order valence-corrected chi connectivity index (χ2v) is 12.0. The largest absolute Gasteiger partial charge is 0.439 e. The maximum atomic E-state index is 13.2. The first-order valence-corrected chi connectivity index (χ1v) is 14.4. The van der Waals surface area contributed by atoms with Gasteiger partial charge in [0.1, 0.15) is 5.00 Å². The van der Waals surface area contributed by atoms with Crippen molar-refractivity contribution in [2.45, 2.75) is 42.2 Å². The summed E-state index contributed by atoms with van der Waals surface area (Å²) in [6.07, 6.45) is 3.61. The monoisotopic (exact) mass is 554 g/mol. The summed E-state index contributed by atoms with van der Waals surface area (Å²) in [6.45, 7) is 0.363. The van der Waals surface area contributed by atoms with Crippen molar-refractivity contribution in [3.63, 3.8) is 0 Å². The lowest BCUT2D eigenvalue weighted by Gasteiger charge is -2.13. The second kappa shape index (κ2) is 10.5. The van der Waals surface area contributed by atoms with E-state index in [0.29, 0.717) is 22.1 Å². The molecule has 0 fully saturated rings. The Hall–Kier alpha value is -3.40. The maximum absolute atomic E-state index is 13.2. The van der Waals surface area contributed by atoms with Gasteiger partial charge in [-0.25, -0.2) is 8.42 Å². The third kappa shape index (κ3) is 5.34. The van der Waals surface area contributed by atoms with E-state index in [0.717, 1.165) is 41.7 Å². The molecule has 0 unspecified atom stereocenters. The Balaban J connectivity index is 1.38. The number of halogens is 1. The Bertz CT molecular complexity index is 1560. The van der Waals surface area contributed by atoms with Gasteiger partial charge in [0.15, 0.2) is 5.76 Å². The summed E-state index contributed by atoms with van der Waals surface area (Å²) in [5.74, 6) is -1.06. The van der Waals surface area contributed by atoms with Crippen molar-refractivity contribution in [3.8, 4) is 0 Å². The van der Waals surface area contributed by atoms with Gasteiger partial charge in [0.2, 0.25) is 14.9 Å². The number of sulfone groups is 1. The van der Waals surface area contributed by atoms with Gasteiger partial charge in [-0.15, -0.1) is 11.3 Å². The van der Waals surface area contributed by atoms with E-state index < -0.39 is 15.7 Å². The third-order valence-electron chi connectivity index (χ3n) is 6.12. The number of hydrogen-bond donors (Lipinski definition) is 2. The second-order valence-electron chi connectivity index (χ2n) is 8.61. The van der Waals surface area contributed by atoms with Crippen LogP contribution in [0.4, 0.5) is 5.00 Å². The van der Waals surface area contributed by atoms with Gasteiger partial charge in [0.25, 0.3) is 11.8 Å². The molecule has 10 heteroatoms. The van der Waals surface area contributed by atoms with Crippen LogP contribution in [0, 0.1) is 0 Å². The van der Waals surface area contributed by atoms with Gasteiger partial charge >= 0.3 is 0 Å². The molecule has 37 heavy (non-hydrogen) atoms. The molecule has 5 rings (SSSR count). The van der Waals surface area contributed by atoms with Crippen LogP contribution in [0.3, 0.4) is 0 Å². The molecule has 1 aliphatic carbocycles. The standard InChI is InChI=1S/C27H23ClN2O5S2/c28-18-10-12-19(13-11-18)37(33,34)23-15-14-21(35-23)25(31)30-27-24(20-8-4-5-9-22(20)36-27)26(32)29-16-17-6-2-1-3-7-17/h1-3,6-7,10-15H,4-5,8-9,16H2,(H,29,32)(H,30,31). The van der Waals surface area contributed by atoms with Crippen molar-refractivity contribution in [2.24, 2.45) is 0 Å². The fourth-order valence-corrected chi connectivity index (χ4v) is 6.82. The zero-order valence-corrected chi connectivity index (χ0v) is 22.0. The summed E-state index contributed by atoms with van der Waals surface area (Å²) in [5, 5.41) is 6.22. The molecule has 2 aromatic carbocycles. The number of benzene rings is 2. The molecule has 0 saturated heterocycles. The van der Waals surface area contributed by atoms with Gasteiger partial charge in [-0.2, -0.15) is 0 Å². The molecule has 7 nitrogen and oxygen atoms in total. The number of amides is 2. The van der Waals surface area contributed by atoms with Crippen LogP contribution in [0.5, 0.6) is 0 Å². The number of furan rings is 1. The number of anilines is 1. The first-order valence-electron chi connectivity index (χ1n) is 11.7. The summed E-state index contributed by atoms with van der Waals surface area (Å²) in [4.78, 5) is 27.4. The topological polar surface area (TPSA) is 105 Å². The zero-order valence-electron chi connectivity index (χ0n) is 19.6. The molecule has 2 aromatic heterocycles. The Morgan fingerprint density at radius 1 is 0.919 bits per heavy atom. The van der Waals surface area contributed by atoms with Crippen LogP contribution in [-0.2, 0) is 29.2 Å². The van der Waals surface area contributed by atoms with Crippen LogP contribution in [0.2, 0.25) is 5.02 Å². The van der Waals surface area contributed by atoms with E-state index in [4.69, 9.17) is 16.0 Å². The number of aryl methyl sites for hydroxylation is 1. The van der Waals surface area contributed by atoms with Crippen LogP contribution in [0.25, 0.3) is 0 Å². The van der Waals surface area contributed by atoms with E-state index in [9.17, 15) is 18.0 Å². The highest BCUT2D eigenvalue weighted by atomic mass is 35.5. The normalized spacial score (nSPS) is 13.1. The first-order chi connectivity index (χ1) is 17.8. The number of rotatable bonds is 7. The fraction of sp³-hybridized carbons (Fsp3) is 0.185. The predicted octanol–water partition coefficient (Wildman–Crippen LogP) is 5.89. The lowest BCUT2D eigenvalue weighted by atomic mass is 9.95. The molecule has 0 spiro atoms. The lowest BCUT2D eigenvalue weighted by molar-refractivity contribution is 0.0951. The molecule has 0 aliphatic heterocycles. The number of carbonyl (C=O) groups is 2. The van der Waals surface area contributed by atoms with E-state index >= 15 is 0 Å². The number of fused-ring (bicyclic) bond motifs is 1. The molecule has 2 N–H and O–H groups in total. The Morgan fingerprint density at radius 2 is 1.65 bits per heavy atom. The van der Waals surface area contributed by atoms with E-state index in [1.165, 1.54) is 47.7 Å². The van der Waals surface area contributed by atoms with Crippen LogP contribution < -0.4 is 10.6 Å². The fourth-order valence-electron chi connectivity index (χ4n) is 4.24. The Morgan fingerprint density at radius 3 is 2.41 bits per heavy atom. The molecular weight excluding hydrogens is 532 g/mol. The number of carbonyl (C=O) groups excluding carboxylic acids is 2.